The van der Waals surface area contributed by atoms with Crippen molar-refractivity contribution in [2.45, 2.75) is 6.43 Å². The van der Waals surface area contributed by atoms with Crippen molar-refractivity contribution >= 4 is 45.2 Å². The molecule has 0 saturated heterocycles. The molecule has 1 rings (SSSR count). The van der Waals surface area contributed by atoms with Crippen LogP contribution < -0.4 is 5.56 Å². The molecule has 12 heavy (non-hydrogen) atoms. The highest BCUT2D eigenvalue weighted by atomic mass is 127. The van der Waals surface area contributed by atoms with Gasteiger partial charge in [0.15, 0.2) is 0 Å². The van der Waals surface area contributed by atoms with Crippen LogP contribution in [0.1, 0.15) is 12.0 Å². The molecule has 6 heteroatoms. The molecule has 0 amide bonds. The summed E-state index contributed by atoms with van der Waals surface area (Å²) in [6, 6.07) is 1.20. The van der Waals surface area contributed by atoms with E-state index in [2.05, 4.69) is 4.98 Å². The van der Waals surface area contributed by atoms with Crippen molar-refractivity contribution in [2.24, 2.45) is 0 Å². The van der Waals surface area contributed by atoms with Gasteiger partial charge < -0.3 is 4.98 Å². The summed E-state index contributed by atoms with van der Waals surface area (Å²) < 4.78 is 25.4. The normalized spacial score (nSPS) is 10.8. The third kappa shape index (κ3) is 2.15. The molecule has 0 aliphatic carbocycles. The number of hydrogen-bond acceptors (Lipinski definition) is 1. The molecule has 0 aromatic carbocycles. The number of aromatic nitrogens is 1. The molecule has 1 N–H and O–H groups in total. The topological polar surface area (TPSA) is 32.9 Å². The van der Waals surface area contributed by atoms with E-state index in [0.717, 1.165) is 0 Å². The highest BCUT2D eigenvalue weighted by Gasteiger charge is 2.13. The highest BCUT2D eigenvalue weighted by Crippen LogP contribution is 2.18. The van der Waals surface area contributed by atoms with E-state index in [1.54, 1.807) is 0 Å². The van der Waals surface area contributed by atoms with E-state index < -0.39 is 17.5 Å². The molecule has 0 spiro atoms. The predicted molar refractivity (Wildman–Crippen MR) is 57.5 cm³/mol. The Hall–Kier alpha value is 0.270. The van der Waals surface area contributed by atoms with Gasteiger partial charge in [0.2, 0.25) is 0 Å². The average Bonchev–Trinajstić information content (AvgIpc) is 1.96. The summed E-state index contributed by atoms with van der Waals surface area (Å²) in [6.07, 6.45) is -2.71. The van der Waals surface area contributed by atoms with E-state index in [9.17, 15) is 13.6 Å². The molecule has 0 radical (unpaired) electrons. The van der Waals surface area contributed by atoms with Crippen molar-refractivity contribution in [2.75, 3.05) is 0 Å². The summed E-state index contributed by atoms with van der Waals surface area (Å²) in [5.74, 6) is 0. The lowest BCUT2D eigenvalue weighted by molar-refractivity contribution is 0.149. The van der Waals surface area contributed by atoms with E-state index in [-0.39, 0.29) is 0 Å². The number of pyridine rings is 1. The first-order valence-electron chi connectivity index (χ1n) is 2.88. The van der Waals surface area contributed by atoms with Crippen molar-refractivity contribution in [1.29, 1.82) is 0 Å². The van der Waals surface area contributed by atoms with E-state index in [0.29, 0.717) is 7.27 Å². The lowest BCUT2D eigenvalue weighted by Crippen LogP contribution is -2.14. The smallest absolute Gasteiger partial charge is 0.269 e. The molecule has 0 bridgehead atoms. The monoisotopic (exact) mass is 397 g/mol. The number of hydrogen-bond donors (Lipinski definition) is 1. The predicted octanol–water partition coefficient (Wildman–Crippen LogP) is 2.52. The van der Waals surface area contributed by atoms with Gasteiger partial charge in [-0.2, -0.15) is 0 Å². The zero-order chi connectivity index (χ0) is 9.30. The van der Waals surface area contributed by atoms with E-state index >= 15 is 0 Å². The van der Waals surface area contributed by atoms with Crippen LogP contribution >= 0.6 is 45.2 Å². The first-order valence-corrected chi connectivity index (χ1v) is 5.04. The fourth-order valence-electron chi connectivity index (χ4n) is 0.659. The third-order valence-electron chi connectivity index (χ3n) is 1.21. The van der Waals surface area contributed by atoms with Crippen LogP contribution in [-0.2, 0) is 0 Å². The Kier molecular flexibility index (Phi) is 3.44. The van der Waals surface area contributed by atoms with Crippen molar-refractivity contribution < 1.29 is 8.78 Å². The Morgan fingerprint density at radius 2 is 2.00 bits per heavy atom. The zero-order valence-corrected chi connectivity index (χ0v) is 9.89. The fraction of sp³-hybridized carbons (Fsp3) is 0.167. The highest BCUT2D eigenvalue weighted by molar-refractivity contribution is 14.1. The standard InChI is InChI=1S/C6H3F2I2NO/c7-4(8)2-1-3(9)5(10)11-6(2)12/h1,4H,(H,11,12). The summed E-state index contributed by atoms with van der Waals surface area (Å²) in [7, 11) is 0. The Labute approximate surface area is 94.0 Å². The maximum Gasteiger partial charge on any atom is 0.269 e. The van der Waals surface area contributed by atoms with Gasteiger partial charge in [-0.15, -0.1) is 0 Å². The summed E-state index contributed by atoms with van der Waals surface area (Å²) in [5, 5.41) is 0. The number of halogens is 4. The summed E-state index contributed by atoms with van der Waals surface area (Å²) >= 11 is 3.77. The number of rotatable bonds is 1. The quantitative estimate of drug-likeness (QED) is 0.574. The summed E-state index contributed by atoms with van der Waals surface area (Å²) in [5.41, 5.74) is -1.19. The number of nitrogens with one attached hydrogen (secondary N) is 1. The van der Waals surface area contributed by atoms with Gasteiger partial charge in [0.1, 0.15) is 0 Å². The van der Waals surface area contributed by atoms with Gasteiger partial charge in [-0.1, -0.05) is 0 Å². The fourth-order valence-corrected chi connectivity index (χ4v) is 1.53. The first-order chi connectivity index (χ1) is 5.52. The minimum absolute atomic E-state index is 0.472. The molecule has 66 valence electrons. The Morgan fingerprint density at radius 3 is 2.50 bits per heavy atom. The summed E-state index contributed by atoms with van der Waals surface area (Å²) in [6.45, 7) is 0. The second-order valence-electron chi connectivity index (χ2n) is 2.02. The molecule has 2 nitrogen and oxygen atoms in total. The molecule has 0 aliphatic heterocycles. The van der Waals surface area contributed by atoms with E-state index in [1.807, 2.05) is 45.2 Å². The SMILES string of the molecule is O=c1[nH]c(I)c(I)cc1C(F)F. The van der Waals surface area contributed by atoms with Gasteiger partial charge in [-0.05, 0) is 51.2 Å². The molecular weight excluding hydrogens is 394 g/mol. The van der Waals surface area contributed by atoms with Crippen LogP contribution in [0.4, 0.5) is 8.78 Å². The van der Waals surface area contributed by atoms with Gasteiger partial charge >= 0.3 is 0 Å². The lowest BCUT2D eigenvalue weighted by atomic mass is 10.3. The average molecular weight is 397 g/mol. The van der Waals surface area contributed by atoms with Crippen molar-refractivity contribution in [1.82, 2.24) is 4.98 Å². The Bertz CT molecular complexity index is 350. The van der Waals surface area contributed by atoms with Gasteiger partial charge in [0, 0.05) is 3.57 Å². The van der Waals surface area contributed by atoms with E-state index in [1.165, 1.54) is 6.07 Å². The van der Waals surface area contributed by atoms with Crippen molar-refractivity contribution in [3.05, 3.63) is 29.3 Å². The Balaban J connectivity index is 3.33. The van der Waals surface area contributed by atoms with Crippen molar-refractivity contribution in [3.63, 3.8) is 0 Å². The first kappa shape index (κ1) is 10.4. The molecule has 0 aliphatic rings. The molecule has 0 fully saturated rings. The number of alkyl halides is 2. The molecule has 1 aromatic heterocycles. The van der Waals surface area contributed by atoms with Crippen LogP contribution in [0, 0.1) is 7.27 Å². The molecule has 0 atom stereocenters. The van der Waals surface area contributed by atoms with Gasteiger partial charge in [-0.3, -0.25) is 4.79 Å². The zero-order valence-electron chi connectivity index (χ0n) is 5.57. The Morgan fingerprint density at radius 1 is 1.42 bits per heavy atom. The number of H-pyrrole nitrogens is 1. The second kappa shape index (κ2) is 3.99. The minimum atomic E-state index is -2.71. The van der Waals surface area contributed by atoms with Gasteiger partial charge in [0.05, 0.1) is 9.26 Å². The van der Waals surface area contributed by atoms with E-state index in [4.69, 9.17) is 0 Å². The molecular formula is C6H3F2I2NO. The third-order valence-corrected chi connectivity index (χ3v) is 3.95. The van der Waals surface area contributed by atoms with Crippen LogP contribution in [0.2, 0.25) is 0 Å². The maximum atomic E-state index is 12.1. The van der Waals surface area contributed by atoms with Crippen LogP contribution in [0.5, 0.6) is 0 Å². The maximum absolute atomic E-state index is 12.1. The minimum Gasteiger partial charge on any atom is -0.316 e. The molecule has 1 aromatic rings. The van der Waals surface area contributed by atoms with Gasteiger partial charge in [0.25, 0.3) is 12.0 Å². The second-order valence-corrected chi connectivity index (χ2v) is 4.26. The van der Waals surface area contributed by atoms with Gasteiger partial charge in [-0.25, -0.2) is 8.78 Å². The number of aromatic amines is 1. The van der Waals surface area contributed by atoms with Crippen LogP contribution in [0.3, 0.4) is 0 Å². The molecule has 0 unspecified atom stereocenters. The van der Waals surface area contributed by atoms with Crippen LogP contribution in [0.25, 0.3) is 0 Å². The molecule has 0 saturated carbocycles. The van der Waals surface area contributed by atoms with Crippen LogP contribution in [-0.4, -0.2) is 4.98 Å². The lowest BCUT2D eigenvalue weighted by Gasteiger charge is -2.00. The summed E-state index contributed by atoms with van der Waals surface area (Å²) in [4.78, 5) is 13.2. The largest absolute Gasteiger partial charge is 0.316 e. The van der Waals surface area contributed by atoms with Crippen molar-refractivity contribution in [3.8, 4) is 0 Å². The van der Waals surface area contributed by atoms with Crippen LogP contribution in [0.15, 0.2) is 10.9 Å². The molecule has 1 heterocycles.